The van der Waals surface area contributed by atoms with Gasteiger partial charge >= 0.3 is 13.3 Å². The van der Waals surface area contributed by atoms with Gasteiger partial charge in [0.1, 0.15) is 0 Å². The lowest BCUT2D eigenvalue weighted by atomic mass is 9.90. The molecule has 0 atom stereocenters. The first kappa shape index (κ1) is 17.8. The van der Waals surface area contributed by atoms with Gasteiger partial charge in [0.05, 0.1) is 17.1 Å². The molecule has 0 aliphatic carbocycles. The van der Waals surface area contributed by atoms with Gasteiger partial charge in [-0.1, -0.05) is 12.1 Å². The quantitative estimate of drug-likeness (QED) is 0.744. The molecule has 0 aromatic carbocycles. The Balaban J connectivity index is 1.76. The third-order valence-corrected chi connectivity index (χ3v) is 4.98. The van der Waals surface area contributed by atoms with Gasteiger partial charge in [-0.3, -0.25) is 4.90 Å². The molecule has 2 aliphatic heterocycles. The minimum atomic E-state index is -4.05. The van der Waals surface area contributed by atoms with Crippen LogP contribution in [0.4, 0.5) is 13.2 Å². The Morgan fingerprint density at radius 1 is 1.09 bits per heavy atom. The Morgan fingerprint density at radius 3 is 2.05 bits per heavy atom. The first-order valence-electron chi connectivity index (χ1n) is 7.83. The summed E-state index contributed by atoms with van der Waals surface area (Å²) in [4.78, 5) is 2.03. The predicted molar refractivity (Wildman–Crippen MR) is 80.4 cm³/mol. The minimum Gasteiger partial charge on any atom is -0.400 e. The fourth-order valence-electron chi connectivity index (χ4n) is 2.73. The van der Waals surface area contributed by atoms with Crippen molar-refractivity contribution >= 4 is 7.12 Å². The third-order valence-electron chi connectivity index (χ3n) is 4.98. The van der Waals surface area contributed by atoms with E-state index in [1.54, 1.807) is 0 Å². The molecule has 0 N–H and O–H groups in total. The van der Waals surface area contributed by atoms with Crippen molar-refractivity contribution in [2.75, 3.05) is 19.6 Å². The van der Waals surface area contributed by atoms with E-state index in [2.05, 4.69) is 0 Å². The normalized spacial score (nSPS) is 27.0. The molecule has 2 rings (SSSR count). The zero-order valence-electron chi connectivity index (χ0n) is 13.7. The van der Waals surface area contributed by atoms with Crippen LogP contribution in [0.5, 0.6) is 0 Å². The number of halogens is 3. The summed E-state index contributed by atoms with van der Waals surface area (Å²) < 4.78 is 49.5. The van der Waals surface area contributed by atoms with Crippen LogP contribution in [-0.2, 0) is 9.31 Å². The van der Waals surface area contributed by atoms with Gasteiger partial charge in [-0.15, -0.1) is 0 Å². The molecule has 0 spiro atoms. The average Bonchev–Trinajstić information content (AvgIpc) is 2.57. The summed E-state index contributed by atoms with van der Waals surface area (Å²) in [6, 6.07) is 0. The standard InChI is InChI=1S/C15H25BF3NO2/c1-13(2)14(3,4)22-16(21-13)8-5-9-20-10-6-12(7-11-20)15(17,18)19/h5,8,12H,6-7,9-11H2,1-4H3/b8-5+. The third kappa shape index (κ3) is 4.06. The number of rotatable bonds is 3. The van der Waals surface area contributed by atoms with Crippen LogP contribution in [0.25, 0.3) is 0 Å². The lowest BCUT2D eigenvalue weighted by Crippen LogP contribution is -2.41. The van der Waals surface area contributed by atoms with Gasteiger partial charge in [-0.2, -0.15) is 13.2 Å². The van der Waals surface area contributed by atoms with Crippen LogP contribution in [0.2, 0.25) is 0 Å². The summed E-state index contributed by atoms with van der Waals surface area (Å²) in [5, 5.41) is 0. The van der Waals surface area contributed by atoms with E-state index in [9.17, 15) is 13.2 Å². The second kappa shape index (κ2) is 6.17. The summed E-state index contributed by atoms with van der Waals surface area (Å²) in [6.07, 6.45) is -1.75. The Hall–Kier alpha value is -0.525. The van der Waals surface area contributed by atoms with Crippen molar-refractivity contribution in [3.8, 4) is 0 Å². The Labute approximate surface area is 131 Å². The Morgan fingerprint density at radius 2 is 1.59 bits per heavy atom. The second-order valence-corrected chi connectivity index (χ2v) is 7.17. The Bertz CT molecular complexity index is 400. The highest BCUT2D eigenvalue weighted by molar-refractivity contribution is 6.51. The molecule has 2 saturated heterocycles. The van der Waals surface area contributed by atoms with Crippen molar-refractivity contribution in [1.29, 1.82) is 0 Å². The highest BCUT2D eigenvalue weighted by Crippen LogP contribution is 2.37. The molecule has 3 nitrogen and oxygen atoms in total. The maximum atomic E-state index is 12.6. The van der Waals surface area contributed by atoms with Crippen molar-refractivity contribution in [3.05, 3.63) is 12.1 Å². The summed E-state index contributed by atoms with van der Waals surface area (Å²) >= 11 is 0. The monoisotopic (exact) mass is 319 g/mol. The molecule has 0 aromatic heterocycles. The Kier molecular flexibility index (Phi) is 5.00. The summed E-state index contributed by atoms with van der Waals surface area (Å²) in [5.74, 6) is 0.711. The van der Waals surface area contributed by atoms with E-state index >= 15 is 0 Å². The molecule has 2 heterocycles. The molecule has 22 heavy (non-hydrogen) atoms. The first-order valence-corrected chi connectivity index (χ1v) is 7.83. The number of alkyl halides is 3. The molecule has 0 bridgehead atoms. The van der Waals surface area contributed by atoms with Crippen LogP contribution < -0.4 is 0 Å². The molecule has 0 saturated carbocycles. The largest absolute Gasteiger partial charge is 0.486 e. The van der Waals surface area contributed by atoms with Gasteiger partial charge < -0.3 is 9.31 Å². The van der Waals surface area contributed by atoms with Gasteiger partial charge in [-0.25, -0.2) is 0 Å². The van der Waals surface area contributed by atoms with Crippen LogP contribution >= 0.6 is 0 Å². The van der Waals surface area contributed by atoms with Crippen molar-refractivity contribution in [3.63, 3.8) is 0 Å². The van der Waals surface area contributed by atoms with Crippen LogP contribution in [0.1, 0.15) is 40.5 Å². The predicted octanol–water partition coefficient (Wildman–Crippen LogP) is 3.45. The lowest BCUT2D eigenvalue weighted by molar-refractivity contribution is -0.184. The summed E-state index contributed by atoms with van der Waals surface area (Å²) in [7, 11) is -0.391. The average molecular weight is 319 g/mol. The van der Waals surface area contributed by atoms with Crippen LogP contribution in [0.15, 0.2) is 12.1 Å². The highest BCUT2D eigenvalue weighted by Gasteiger charge is 2.50. The smallest absolute Gasteiger partial charge is 0.400 e. The minimum absolute atomic E-state index is 0.188. The van der Waals surface area contributed by atoms with Crippen LogP contribution in [0, 0.1) is 5.92 Å². The maximum absolute atomic E-state index is 12.6. The van der Waals surface area contributed by atoms with E-state index in [1.807, 2.05) is 44.6 Å². The van der Waals surface area contributed by atoms with Gasteiger partial charge in [0.25, 0.3) is 0 Å². The van der Waals surface area contributed by atoms with E-state index in [1.165, 1.54) is 0 Å². The summed E-state index contributed by atoms with van der Waals surface area (Å²) in [5.41, 5.74) is -0.736. The molecular formula is C15H25BF3NO2. The second-order valence-electron chi connectivity index (χ2n) is 7.17. The molecule has 2 fully saturated rings. The number of piperidine rings is 1. The molecule has 0 amide bonds. The van der Waals surface area contributed by atoms with Crippen molar-refractivity contribution in [2.24, 2.45) is 5.92 Å². The fraction of sp³-hybridized carbons (Fsp3) is 0.867. The first-order chi connectivity index (χ1) is 10.0. The summed E-state index contributed by atoms with van der Waals surface area (Å²) in [6.45, 7) is 9.56. The van der Waals surface area contributed by atoms with Crippen LogP contribution in [0.3, 0.4) is 0 Å². The van der Waals surface area contributed by atoms with Gasteiger partial charge in [-0.05, 0) is 53.6 Å². The number of nitrogens with zero attached hydrogens (tertiary/aromatic N) is 1. The van der Waals surface area contributed by atoms with Crippen molar-refractivity contribution < 1.29 is 22.5 Å². The van der Waals surface area contributed by atoms with E-state index < -0.39 is 19.2 Å². The highest BCUT2D eigenvalue weighted by atomic mass is 19.4. The number of likely N-dealkylation sites (tertiary alicyclic amines) is 1. The molecule has 0 radical (unpaired) electrons. The van der Waals surface area contributed by atoms with E-state index in [0.717, 1.165) is 0 Å². The van der Waals surface area contributed by atoms with Gasteiger partial charge in [0, 0.05) is 6.54 Å². The van der Waals surface area contributed by atoms with E-state index in [-0.39, 0.29) is 24.0 Å². The van der Waals surface area contributed by atoms with Crippen molar-refractivity contribution in [2.45, 2.75) is 57.9 Å². The number of hydrogen-bond acceptors (Lipinski definition) is 3. The number of hydrogen-bond donors (Lipinski definition) is 0. The molecular weight excluding hydrogens is 294 g/mol. The molecule has 0 unspecified atom stereocenters. The van der Waals surface area contributed by atoms with E-state index in [0.29, 0.717) is 19.6 Å². The van der Waals surface area contributed by atoms with Crippen molar-refractivity contribution in [1.82, 2.24) is 4.90 Å². The van der Waals surface area contributed by atoms with Crippen LogP contribution in [-0.4, -0.2) is 49.0 Å². The lowest BCUT2D eigenvalue weighted by Gasteiger charge is -2.32. The SMILES string of the molecule is CC1(C)OB(/C=C/CN2CCC(C(F)(F)F)CC2)OC1(C)C. The molecule has 0 aromatic rings. The zero-order chi connectivity index (χ0) is 16.6. The zero-order valence-corrected chi connectivity index (χ0v) is 13.7. The molecule has 2 aliphatic rings. The maximum Gasteiger partial charge on any atom is 0.486 e. The van der Waals surface area contributed by atoms with E-state index in [4.69, 9.17) is 9.31 Å². The van der Waals surface area contributed by atoms with Gasteiger partial charge in [0.2, 0.25) is 0 Å². The van der Waals surface area contributed by atoms with Gasteiger partial charge in [0.15, 0.2) is 0 Å². The topological polar surface area (TPSA) is 21.7 Å². The molecule has 126 valence electrons. The molecule has 7 heteroatoms. The fourth-order valence-corrected chi connectivity index (χ4v) is 2.73.